The molecule has 1 aromatic carbocycles. The average Bonchev–Trinajstić information content (AvgIpc) is 2.11. The first-order chi connectivity index (χ1) is 6.92. The Morgan fingerprint density at radius 3 is 2.60 bits per heavy atom. The molecule has 0 bridgehead atoms. The van der Waals surface area contributed by atoms with E-state index in [1.807, 2.05) is 20.8 Å². The van der Waals surface area contributed by atoms with Crippen molar-refractivity contribution in [1.29, 1.82) is 0 Å². The summed E-state index contributed by atoms with van der Waals surface area (Å²) in [6.45, 7) is 8.16. The number of hydrogen-bond acceptors (Lipinski definition) is 2. The molecule has 0 unspecified atom stereocenters. The van der Waals surface area contributed by atoms with Gasteiger partial charge in [0.2, 0.25) is 0 Å². The number of rotatable bonds is 0. The van der Waals surface area contributed by atoms with Crippen molar-refractivity contribution < 1.29 is 4.79 Å². The van der Waals surface area contributed by atoms with E-state index in [4.69, 9.17) is 0 Å². The van der Waals surface area contributed by atoms with Crippen molar-refractivity contribution in [2.24, 2.45) is 0 Å². The Balaban J connectivity index is 2.62. The average molecular weight is 220 g/mol. The van der Waals surface area contributed by atoms with Gasteiger partial charge in [-0.15, -0.1) is 11.8 Å². The summed E-state index contributed by atoms with van der Waals surface area (Å²) in [5.41, 5.74) is 4.55. The number of benzene rings is 1. The lowest BCUT2D eigenvalue weighted by Gasteiger charge is -2.30. The summed E-state index contributed by atoms with van der Waals surface area (Å²) < 4.78 is -0.257. The second kappa shape index (κ2) is 3.38. The van der Waals surface area contributed by atoms with Crippen LogP contribution in [0.2, 0.25) is 0 Å². The first kappa shape index (κ1) is 10.7. The van der Waals surface area contributed by atoms with Gasteiger partial charge in [0, 0.05) is 11.3 Å². The highest BCUT2D eigenvalue weighted by molar-refractivity contribution is 8.00. The van der Waals surface area contributed by atoms with Crippen LogP contribution < -0.4 is 0 Å². The summed E-state index contributed by atoms with van der Waals surface area (Å²) in [5, 5.41) is 0. The van der Waals surface area contributed by atoms with Gasteiger partial charge < -0.3 is 0 Å². The lowest BCUT2D eigenvalue weighted by Crippen LogP contribution is -2.33. The maximum Gasteiger partial charge on any atom is 0.178 e. The van der Waals surface area contributed by atoms with Gasteiger partial charge in [-0.25, -0.2) is 0 Å². The van der Waals surface area contributed by atoms with Crippen molar-refractivity contribution >= 4 is 17.5 Å². The summed E-state index contributed by atoms with van der Waals surface area (Å²) in [4.78, 5) is 12.2. The molecule has 0 radical (unpaired) electrons. The number of carbonyl (C=O) groups excluding carboxylic acids is 1. The molecule has 2 heteroatoms. The number of fused-ring (bicyclic) bond motifs is 1. The zero-order valence-corrected chi connectivity index (χ0v) is 10.5. The predicted octanol–water partition coefficient (Wildman–Crippen LogP) is 3.51. The van der Waals surface area contributed by atoms with Gasteiger partial charge in [-0.1, -0.05) is 17.7 Å². The van der Waals surface area contributed by atoms with Gasteiger partial charge in [-0.05, 0) is 38.8 Å². The Hall–Kier alpha value is -0.760. The maximum atomic E-state index is 12.2. The molecule has 2 rings (SSSR count). The van der Waals surface area contributed by atoms with Gasteiger partial charge >= 0.3 is 0 Å². The van der Waals surface area contributed by atoms with E-state index in [1.54, 1.807) is 11.8 Å². The lowest BCUT2D eigenvalue weighted by atomic mass is 9.90. The van der Waals surface area contributed by atoms with E-state index in [0.717, 1.165) is 16.9 Å². The van der Waals surface area contributed by atoms with Crippen molar-refractivity contribution in [2.45, 2.75) is 38.2 Å². The van der Waals surface area contributed by atoms with Gasteiger partial charge in [0.15, 0.2) is 5.78 Å². The summed E-state index contributed by atoms with van der Waals surface area (Å²) in [7, 11) is 0. The third-order valence-electron chi connectivity index (χ3n) is 2.92. The molecule has 15 heavy (non-hydrogen) atoms. The van der Waals surface area contributed by atoms with Gasteiger partial charge in [0.25, 0.3) is 0 Å². The standard InChI is InChI=1S/C13H16OS/c1-8-5-9(2)11-10(6-8)7-15-13(3,4)12(11)14/h5-6H,7H2,1-4H3. The van der Waals surface area contributed by atoms with E-state index in [2.05, 4.69) is 19.1 Å². The number of ketones is 1. The van der Waals surface area contributed by atoms with Crippen molar-refractivity contribution in [3.05, 3.63) is 34.4 Å². The zero-order chi connectivity index (χ0) is 11.2. The molecule has 0 atom stereocenters. The van der Waals surface area contributed by atoms with Gasteiger partial charge in [0.05, 0.1) is 4.75 Å². The van der Waals surface area contributed by atoms with Crippen LogP contribution in [-0.2, 0) is 5.75 Å². The van der Waals surface area contributed by atoms with Crippen LogP contribution in [0.25, 0.3) is 0 Å². The molecule has 0 spiro atoms. The summed E-state index contributed by atoms with van der Waals surface area (Å²) in [5.74, 6) is 1.24. The van der Waals surface area contributed by atoms with Gasteiger partial charge in [-0.2, -0.15) is 0 Å². The lowest BCUT2D eigenvalue weighted by molar-refractivity contribution is 0.0954. The van der Waals surface area contributed by atoms with Crippen LogP contribution in [0, 0.1) is 13.8 Å². The van der Waals surface area contributed by atoms with E-state index >= 15 is 0 Å². The fraction of sp³-hybridized carbons (Fsp3) is 0.462. The van der Waals surface area contributed by atoms with Crippen LogP contribution in [-0.4, -0.2) is 10.5 Å². The Kier molecular flexibility index (Phi) is 2.42. The van der Waals surface area contributed by atoms with Crippen LogP contribution in [0.4, 0.5) is 0 Å². The number of hydrogen-bond donors (Lipinski definition) is 0. The number of thioether (sulfide) groups is 1. The van der Waals surface area contributed by atoms with Crippen LogP contribution in [0.5, 0.6) is 0 Å². The number of Topliss-reactive ketones (excluding diaryl/α,β-unsaturated/α-hetero) is 1. The fourth-order valence-corrected chi connectivity index (χ4v) is 3.10. The van der Waals surface area contributed by atoms with Gasteiger partial charge in [-0.3, -0.25) is 4.79 Å². The first-order valence-electron chi connectivity index (χ1n) is 5.21. The molecule has 0 saturated carbocycles. The Morgan fingerprint density at radius 2 is 1.93 bits per heavy atom. The van der Waals surface area contributed by atoms with Crippen molar-refractivity contribution in [1.82, 2.24) is 0 Å². The molecular weight excluding hydrogens is 204 g/mol. The second-order valence-electron chi connectivity index (χ2n) is 4.74. The molecule has 0 aromatic heterocycles. The molecule has 1 aromatic rings. The highest BCUT2D eigenvalue weighted by atomic mass is 32.2. The molecule has 80 valence electrons. The van der Waals surface area contributed by atoms with E-state index in [9.17, 15) is 4.79 Å². The van der Waals surface area contributed by atoms with E-state index < -0.39 is 0 Å². The monoisotopic (exact) mass is 220 g/mol. The quantitative estimate of drug-likeness (QED) is 0.665. The molecule has 1 heterocycles. The largest absolute Gasteiger partial charge is 0.293 e. The highest BCUT2D eigenvalue weighted by Gasteiger charge is 2.35. The Morgan fingerprint density at radius 1 is 1.27 bits per heavy atom. The minimum atomic E-state index is -0.257. The van der Waals surface area contributed by atoms with Crippen molar-refractivity contribution in [3.8, 4) is 0 Å². The third-order valence-corrected chi connectivity index (χ3v) is 4.29. The molecule has 0 aliphatic carbocycles. The van der Waals surface area contributed by atoms with Crippen molar-refractivity contribution in [2.75, 3.05) is 0 Å². The third kappa shape index (κ3) is 1.71. The molecule has 0 N–H and O–H groups in total. The Labute approximate surface area is 95.3 Å². The molecule has 0 saturated heterocycles. The Bertz CT molecular complexity index is 432. The van der Waals surface area contributed by atoms with Crippen LogP contribution in [0.3, 0.4) is 0 Å². The maximum absolute atomic E-state index is 12.2. The summed E-state index contributed by atoms with van der Waals surface area (Å²) in [6.07, 6.45) is 0. The summed E-state index contributed by atoms with van der Waals surface area (Å²) in [6, 6.07) is 4.24. The van der Waals surface area contributed by atoms with Gasteiger partial charge in [0.1, 0.15) is 0 Å². The molecule has 1 nitrogen and oxygen atoms in total. The first-order valence-corrected chi connectivity index (χ1v) is 6.19. The smallest absolute Gasteiger partial charge is 0.178 e. The van der Waals surface area contributed by atoms with Crippen LogP contribution >= 0.6 is 11.8 Å². The van der Waals surface area contributed by atoms with Crippen molar-refractivity contribution in [3.63, 3.8) is 0 Å². The molecule has 0 amide bonds. The minimum absolute atomic E-state index is 0.257. The minimum Gasteiger partial charge on any atom is -0.293 e. The van der Waals surface area contributed by atoms with Crippen LogP contribution in [0.1, 0.15) is 40.9 Å². The molecule has 1 aliphatic rings. The van der Waals surface area contributed by atoms with E-state index in [1.165, 1.54) is 11.1 Å². The molecule has 1 aliphatic heterocycles. The normalized spacial score (nSPS) is 18.8. The number of carbonyl (C=O) groups is 1. The van der Waals surface area contributed by atoms with Crippen LogP contribution in [0.15, 0.2) is 12.1 Å². The number of aryl methyl sites for hydroxylation is 2. The summed E-state index contributed by atoms with van der Waals surface area (Å²) >= 11 is 1.74. The van der Waals surface area contributed by atoms with E-state index in [0.29, 0.717) is 0 Å². The fourth-order valence-electron chi connectivity index (χ4n) is 2.12. The highest BCUT2D eigenvalue weighted by Crippen LogP contribution is 2.39. The predicted molar refractivity (Wildman–Crippen MR) is 65.6 cm³/mol. The molecule has 0 fully saturated rings. The second-order valence-corrected chi connectivity index (χ2v) is 6.34. The topological polar surface area (TPSA) is 17.1 Å². The van der Waals surface area contributed by atoms with E-state index in [-0.39, 0.29) is 10.5 Å². The zero-order valence-electron chi connectivity index (χ0n) is 9.68. The SMILES string of the molecule is Cc1cc(C)c2c(c1)CSC(C)(C)C2=O. The molecular formula is C13H16OS.